The third-order valence-electron chi connectivity index (χ3n) is 4.55. The minimum atomic E-state index is 0.316. The van der Waals surface area contributed by atoms with Crippen molar-refractivity contribution in [1.29, 1.82) is 0 Å². The molecule has 1 rings (SSSR count). The molecular formula is C18H36O. The molecule has 0 spiro atoms. The van der Waals surface area contributed by atoms with E-state index in [1.807, 2.05) is 0 Å². The van der Waals surface area contributed by atoms with E-state index < -0.39 is 0 Å². The Morgan fingerprint density at radius 2 is 1.74 bits per heavy atom. The molecule has 0 amide bonds. The molecule has 0 atom stereocenters. The maximum Gasteiger partial charge on any atom is 0.0517 e. The average Bonchev–Trinajstić information content (AvgIpc) is 2.20. The third-order valence-corrected chi connectivity index (χ3v) is 4.55. The van der Waals surface area contributed by atoms with E-state index in [9.17, 15) is 0 Å². The molecule has 0 unspecified atom stereocenters. The zero-order chi connectivity index (χ0) is 14.4. The first kappa shape index (κ1) is 17.0. The van der Waals surface area contributed by atoms with Crippen molar-refractivity contribution in [2.45, 2.75) is 86.0 Å². The Bertz CT molecular complexity index is 238. The molecule has 0 aromatic carbocycles. The van der Waals surface area contributed by atoms with Crippen LogP contribution < -0.4 is 0 Å². The summed E-state index contributed by atoms with van der Waals surface area (Å²) in [6.07, 6.45) is 11.0. The summed E-state index contributed by atoms with van der Waals surface area (Å²) >= 11 is 0. The Labute approximate surface area is 121 Å². The van der Waals surface area contributed by atoms with Crippen molar-refractivity contribution in [2.75, 3.05) is 13.2 Å². The van der Waals surface area contributed by atoms with Gasteiger partial charge in [0.25, 0.3) is 0 Å². The first-order chi connectivity index (χ1) is 8.85. The summed E-state index contributed by atoms with van der Waals surface area (Å²) in [6, 6.07) is 0. The van der Waals surface area contributed by atoms with Crippen LogP contribution in [0.5, 0.6) is 0 Å². The molecule has 1 aliphatic rings. The highest BCUT2D eigenvalue weighted by atomic mass is 16.5. The zero-order valence-corrected chi connectivity index (χ0v) is 14.1. The van der Waals surface area contributed by atoms with Crippen molar-refractivity contribution in [3.63, 3.8) is 0 Å². The topological polar surface area (TPSA) is 9.23 Å². The van der Waals surface area contributed by atoms with E-state index in [2.05, 4.69) is 34.6 Å². The molecule has 1 saturated carbocycles. The van der Waals surface area contributed by atoms with Gasteiger partial charge in [-0.2, -0.15) is 0 Å². The molecule has 0 bridgehead atoms. The molecule has 19 heavy (non-hydrogen) atoms. The first-order valence-corrected chi connectivity index (χ1v) is 8.42. The predicted molar refractivity (Wildman–Crippen MR) is 84.5 cm³/mol. The minimum absolute atomic E-state index is 0.316. The fraction of sp³-hybridized carbons (Fsp3) is 1.00. The van der Waals surface area contributed by atoms with Gasteiger partial charge in [0, 0.05) is 6.61 Å². The number of hydrogen-bond acceptors (Lipinski definition) is 1. The van der Waals surface area contributed by atoms with Crippen LogP contribution in [0.2, 0.25) is 0 Å². The van der Waals surface area contributed by atoms with Crippen molar-refractivity contribution in [3.05, 3.63) is 0 Å². The average molecular weight is 268 g/mol. The second kappa shape index (κ2) is 7.67. The van der Waals surface area contributed by atoms with Crippen molar-refractivity contribution in [2.24, 2.45) is 16.7 Å². The summed E-state index contributed by atoms with van der Waals surface area (Å²) in [4.78, 5) is 0. The van der Waals surface area contributed by atoms with Crippen LogP contribution in [-0.2, 0) is 4.74 Å². The van der Waals surface area contributed by atoms with E-state index >= 15 is 0 Å². The van der Waals surface area contributed by atoms with Gasteiger partial charge in [-0.05, 0) is 42.4 Å². The van der Waals surface area contributed by atoms with Gasteiger partial charge < -0.3 is 4.74 Å². The van der Waals surface area contributed by atoms with Crippen LogP contribution in [0.1, 0.15) is 86.0 Å². The van der Waals surface area contributed by atoms with E-state index in [0.717, 1.165) is 19.1 Å². The Kier molecular flexibility index (Phi) is 6.86. The van der Waals surface area contributed by atoms with E-state index in [4.69, 9.17) is 4.74 Å². The molecule has 1 nitrogen and oxygen atoms in total. The van der Waals surface area contributed by atoms with Gasteiger partial charge in [0.1, 0.15) is 0 Å². The normalized spacial score (nSPS) is 17.5. The lowest BCUT2D eigenvalue weighted by Gasteiger charge is -2.37. The monoisotopic (exact) mass is 268 g/mol. The highest BCUT2D eigenvalue weighted by molar-refractivity contribution is 4.81. The second-order valence-electron chi connectivity index (χ2n) is 8.25. The van der Waals surface area contributed by atoms with Crippen LogP contribution in [0.3, 0.4) is 0 Å². The van der Waals surface area contributed by atoms with E-state index in [-0.39, 0.29) is 0 Å². The maximum atomic E-state index is 5.84. The molecule has 1 heteroatoms. The van der Waals surface area contributed by atoms with Crippen LogP contribution >= 0.6 is 0 Å². The van der Waals surface area contributed by atoms with Gasteiger partial charge in [-0.3, -0.25) is 0 Å². The number of unbranched alkanes of at least 4 members (excludes halogenated alkanes) is 1. The lowest BCUT2D eigenvalue weighted by atomic mass is 9.70. The van der Waals surface area contributed by atoms with E-state index in [1.165, 1.54) is 51.4 Å². The predicted octanol–water partition coefficient (Wildman–Crippen LogP) is 5.83. The largest absolute Gasteiger partial charge is 0.381 e. The van der Waals surface area contributed by atoms with E-state index in [1.54, 1.807) is 0 Å². The number of ether oxygens (including phenoxy) is 1. The molecule has 0 aliphatic heterocycles. The smallest absolute Gasteiger partial charge is 0.0517 e. The van der Waals surface area contributed by atoms with Gasteiger partial charge in [-0.25, -0.2) is 0 Å². The van der Waals surface area contributed by atoms with Crippen LogP contribution in [0.15, 0.2) is 0 Å². The van der Waals surface area contributed by atoms with Crippen molar-refractivity contribution in [3.8, 4) is 0 Å². The fourth-order valence-corrected chi connectivity index (χ4v) is 3.41. The SMILES string of the molecule is CCCCOCC(C)(C)CC(C)(C)CCC1CCC1. The fourth-order valence-electron chi connectivity index (χ4n) is 3.41. The molecule has 0 aromatic rings. The number of rotatable bonds is 10. The Balaban J connectivity index is 2.23. The van der Waals surface area contributed by atoms with Crippen molar-refractivity contribution >= 4 is 0 Å². The summed E-state index contributed by atoms with van der Waals surface area (Å²) in [6.45, 7) is 13.7. The van der Waals surface area contributed by atoms with Gasteiger partial charge in [0.2, 0.25) is 0 Å². The second-order valence-corrected chi connectivity index (χ2v) is 8.25. The molecule has 0 saturated heterocycles. The van der Waals surface area contributed by atoms with Gasteiger partial charge in [0.05, 0.1) is 6.61 Å². The maximum absolute atomic E-state index is 5.84. The molecule has 0 aromatic heterocycles. The molecule has 0 N–H and O–H groups in total. The Morgan fingerprint density at radius 3 is 2.26 bits per heavy atom. The molecule has 0 radical (unpaired) electrons. The Morgan fingerprint density at radius 1 is 1.05 bits per heavy atom. The lowest BCUT2D eigenvalue weighted by molar-refractivity contribution is 0.0317. The highest BCUT2D eigenvalue weighted by Gasteiger charge is 2.30. The molecule has 114 valence electrons. The third kappa shape index (κ3) is 7.34. The van der Waals surface area contributed by atoms with Crippen molar-refractivity contribution in [1.82, 2.24) is 0 Å². The van der Waals surface area contributed by atoms with Crippen LogP contribution in [0.4, 0.5) is 0 Å². The lowest BCUT2D eigenvalue weighted by Crippen LogP contribution is -2.28. The van der Waals surface area contributed by atoms with Crippen LogP contribution in [0, 0.1) is 16.7 Å². The molecule has 1 aliphatic carbocycles. The number of hydrogen-bond donors (Lipinski definition) is 0. The van der Waals surface area contributed by atoms with Gasteiger partial charge in [-0.1, -0.05) is 60.3 Å². The van der Waals surface area contributed by atoms with Crippen LogP contribution in [0.25, 0.3) is 0 Å². The van der Waals surface area contributed by atoms with Gasteiger partial charge in [-0.15, -0.1) is 0 Å². The summed E-state index contributed by atoms with van der Waals surface area (Å²) in [7, 11) is 0. The summed E-state index contributed by atoms with van der Waals surface area (Å²) in [5.74, 6) is 1.04. The van der Waals surface area contributed by atoms with Crippen molar-refractivity contribution < 1.29 is 4.74 Å². The van der Waals surface area contributed by atoms with Crippen LogP contribution in [-0.4, -0.2) is 13.2 Å². The Hall–Kier alpha value is -0.0400. The van der Waals surface area contributed by atoms with Gasteiger partial charge >= 0.3 is 0 Å². The summed E-state index contributed by atoms with van der Waals surface area (Å²) in [5.41, 5.74) is 0.782. The minimum Gasteiger partial charge on any atom is -0.381 e. The highest BCUT2D eigenvalue weighted by Crippen LogP contribution is 2.40. The summed E-state index contributed by atoms with van der Waals surface area (Å²) < 4.78 is 5.84. The standard InChI is InChI=1S/C18H36O/c1-6-7-13-19-15-18(4,5)14-17(2,3)12-11-16-9-8-10-16/h16H,6-15H2,1-5H3. The quantitative estimate of drug-likeness (QED) is 0.453. The molecule has 1 fully saturated rings. The zero-order valence-electron chi connectivity index (χ0n) is 14.1. The van der Waals surface area contributed by atoms with Gasteiger partial charge in [0.15, 0.2) is 0 Å². The molecular weight excluding hydrogens is 232 g/mol. The van der Waals surface area contributed by atoms with E-state index in [0.29, 0.717) is 10.8 Å². The molecule has 0 heterocycles. The summed E-state index contributed by atoms with van der Waals surface area (Å²) in [5, 5.41) is 0. The first-order valence-electron chi connectivity index (χ1n) is 8.42.